The summed E-state index contributed by atoms with van der Waals surface area (Å²) in [6.45, 7) is 25.5. The molecule has 0 aliphatic heterocycles. The minimum Gasteiger partial charge on any atom is -0.390 e. The summed E-state index contributed by atoms with van der Waals surface area (Å²) in [6, 6.07) is 0. The summed E-state index contributed by atoms with van der Waals surface area (Å²) in [7, 11) is 0. The van der Waals surface area contributed by atoms with Crippen molar-refractivity contribution < 1.29 is 75.6 Å². The van der Waals surface area contributed by atoms with Crippen LogP contribution in [0.4, 0.5) is 0 Å². The van der Waals surface area contributed by atoms with E-state index in [0.29, 0.717) is 23.7 Å². The Morgan fingerprint density at radius 3 is 0.846 bits per heavy atom. The molecule has 0 amide bonds. The molecule has 0 bridgehead atoms. The van der Waals surface area contributed by atoms with Crippen LogP contribution in [0.15, 0.2) is 0 Å². The molecule has 0 spiro atoms. The van der Waals surface area contributed by atoms with Crippen molar-refractivity contribution in [2.24, 2.45) is 34.5 Å². The fourth-order valence-corrected chi connectivity index (χ4v) is 3.97. The summed E-state index contributed by atoms with van der Waals surface area (Å²) in [5.41, 5.74) is -0.573. The van der Waals surface area contributed by atoms with Crippen molar-refractivity contribution in [1.82, 2.24) is 0 Å². The van der Waals surface area contributed by atoms with Gasteiger partial charge in [0.15, 0.2) is 0 Å². The van der Waals surface area contributed by atoms with Crippen LogP contribution < -0.4 is 0 Å². The quantitative estimate of drug-likeness (QED) is 0.500. The maximum atomic E-state index is 10.0. The van der Waals surface area contributed by atoms with Gasteiger partial charge in [0.2, 0.25) is 0 Å². The summed E-state index contributed by atoms with van der Waals surface area (Å²) in [5.74, 6) is 1.89. The van der Waals surface area contributed by atoms with E-state index in [1.165, 1.54) is 0 Å². The van der Waals surface area contributed by atoms with Gasteiger partial charge in [-0.15, -0.1) is 10.8 Å². The summed E-state index contributed by atoms with van der Waals surface area (Å²) < 4.78 is 0. The van der Waals surface area contributed by atoms with Crippen LogP contribution in [0, 0.1) is 48.3 Å². The fraction of sp³-hybridized carbons (Fsp3) is 0.909. The van der Waals surface area contributed by atoms with Crippen molar-refractivity contribution in [1.29, 1.82) is 0 Å². The first-order valence-corrected chi connectivity index (χ1v) is 9.76. The predicted molar refractivity (Wildman–Crippen MR) is 103 cm³/mol. The summed E-state index contributed by atoms with van der Waals surface area (Å²) >= 11 is 0. The van der Waals surface area contributed by atoms with Crippen molar-refractivity contribution in [3.05, 3.63) is 13.8 Å². The van der Waals surface area contributed by atoms with Gasteiger partial charge in [0, 0.05) is 65.4 Å². The van der Waals surface area contributed by atoms with Gasteiger partial charge in [-0.2, -0.15) is 0 Å². The average molecular weight is 516 g/mol. The molecule has 0 aromatic heterocycles. The topological polar surface area (TPSA) is 40.5 Å². The molecule has 0 heterocycles. The number of rotatable bonds is 4. The van der Waals surface area contributed by atoms with E-state index in [2.05, 4.69) is 69.2 Å². The Labute approximate surface area is 214 Å². The second-order valence-electron chi connectivity index (χ2n) is 10.3. The van der Waals surface area contributed by atoms with E-state index in [0.717, 1.165) is 25.7 Å². The van der Waals surface area contributed by atoms with Gasteiger partial charge >= 0.3 is 0 Å². The summed E-state index contributed by atoms with van der Waals surface area (Å²) in [6.07, 6.45) is 3.48. The van der Waals surface area contributed by atoms with Gasteiger partial charge in [0.25, 0.3) is 0 Å². The largest absolute Gasteiger partial charge is 0.390 e. The second kappa shape index (κ2) is 10.4. The second-order valence-corrected chi connectivity index (χ2v) is 10.3. The zero-order valence-corrected chi connectivity index (χ0v) is 24.3. The van der Waals surface area contributed by atoms with E-state index in [9.17, 15) is 10.2 Å². The maximum absolute atomic E-state index is 10.0. The van der Waals surface area contributed by atoms with Crippen LogP contribution in [0.3, 0.4) is 0 Å². The predicted octanol–water partition coefficient (Wildman–Crippen LogP) is 5.28. The zero-order valence-electron chi connectivity index (χ0n) is 18.6. The molecule has 2 fully saturated rings. The van der Waals surface area contributed by atoms with Crippen LogP contribution in [0.5, 0.6) is 0 Å². The molecular weight excluding hydrogens is 474 g/mol. The van der Waals surface area contributed by atoms with Crippen molar-refractivity contribution >= 4 is 0 Å². The first-order valence-electron chi connectivity index (χ1n) is 9.76. The van der Waals surface area contributed by atoms with Gasteiger partial charge in [-0.25, -0.2) is 0 Å². The minimum absolute atomic E-state index is 0. The van der Waals surface area contributed by atoms with Crippen molar-refractivity contribution in [2.45, 2.75) is 92.3 Å². The third kappa shape index (κ3) is 6.57. The SMILES string of the molecule is [CH2-]C1(C(C)C)CC(O)(C(C)C)C1.[CH2-]C1(C(C)C)CC(O)(C(C)C)C1.[Y].[Y]. The molecule has 2 saturated carbocycles. The van der Waals surface area contributed by atoms with Crippen LogP contribution in [-0.2, 0) is 65.4 Å². The maximum Gasteiger partial charge on any atom is 0.0632 e. The molecule has 2 aliphatic carbocycles. The summed E-state index contributed by atoms with van der Waals surface area (Å²) in [4.78, 5) is 0. The van der Waals surface area contributed by atoms with Crippen LogP contribution in [0.25, 0.3) is 0 Å². The average Bonchev–Trinajstić information content (AvgIpc) is 2.34. The Morgan fingerprint density at radius 1 is 0.538 bits per heavy atom. The molecule has 0 aromatic carbocycles. The third-order valence-corrected chi connectivity index (χ3v) is 7.23. The molecule has 0 unspecified atom stereocenters. The standard InChI is InChI=1S/2C11H21O.2Y/c2*1-8(2)10(5)6-11(12,7-10)9(3)4;;/h2*8-9,12H,5-7H2,1-4H3;;/q2*-1;;. The molecule has 2 N–H and O–H groups in total. The van der Waals surface area contributed by atoms with E-state index < -0.39 is 11.2 Å². The molecule has 150 valence electrons. The van der Waals surface area contributed by atoms with E-state index in [1.807, 2.05) is 0 Å². The van der Waals surface area contributed by atoms with E-state index >= 15 is 0 Å². The van der Waals surface area contributed by atoms with Crippen LogP contribution in [0.2, 0.25) is 0 Å². The molecule has 4 heteroatoms. The Morgan fingerprint density at radius 2 is 0.731 bits per heavy atom. The molecule has 2 nitrogen and oxygen atoms in total. The van der Waals surface area contributed by atoms with Crippen LogP contribution in [0.1, 0.15) is 81.1 Å². The Balaban J connectivity index is 0. The first-order chi connectivity index (χ1) is 10.6. The molecular formula is C22H42O2Y2-2. The van der Waals surface area contributed by atoms with Crippen molar-refractivity contribution in [3.8, 4) is 0 Å². The van der Waals surface area contributed by atoms with Crippen LogP contribution in [-0.4, -0.2) is 21.4 Å². The van der Waals surface area contributed by atoms with Gasteiger partial charge in [-0.3, -0.25) is 0 Å². The molecule has 0 atom stereocenters. The van der Waals surface area contributed by atoms with E-state index in [-0.39, 0.29) is 76.2 Å². The Hall–Kier alpha value is 2.13. The summed E-state index contributed by atoms with van der Waals surface area (Å²) in [5, 5.41) is 20.1. The molecule has 2 radical (unpaired) electrons. The molecule has 0 saturated heterocycles. The number of hydrogen-bond acceptors (Lipinski definition) is 2. The van der Waals surface area contributed by atoms with E-state index in [1.54, 1.807) is 0 Å². The number of aliphatic hydroxyl groups is 2. The molecule has 2 aliphatic rings. The van der Waals surface area contributed by atoms with Gasteiger partial charge in [-0.05, 0) is 37.5 Å². The van der Waals surface area contributed by atoms with E-state index in [4.69, 9.17) is 0 Å². The molecule has 0 aromatic rings. The Bertz CT molecular complexity index is 342. The molecule has 26 heavy (non-hydrogen) atoms. The first kappa shape index (κ1) is 30.3. The Kier molecular flexibility index (Phi) is 12.2. The van der Waals surface area contributed by atoms with Crippen LogP contribution >= 0.6 is 0 Å². The monoisotopic (exact) mass is 516 g/mol. The third-order valence-electron chi connectivity index (χ3n) is 7.23. The smallest absolute Gasteiger partial charge is 0.0632 e. The van der Waals surface area contributed by atoms with Crippen molar-refractivity contribution in [3.63, 3.8) is 0 Å². The van der Waals surface area contributed by atoms with Gasteiger partial charge in [0.05, 0.1) is 11.2 Å². The normalized spacial score (nSPS) is 38.8. The van der Waals surface area contributed by atoms with Gasteiger partial charge < -0.3 is 24.1 Å². The minimum atomic E-state index is -0.425. The zero-order chi connectivity index (χ0) is 19.1. The van der Waals surface area contributed by atoms with Crippen molar-refractivity contribution in [2.75, 3.05) is 0 Å². The number of hydrogen-bond donors (Lipinski definition) is 2. The van der Waals surface area contributed by atoms with Gasteiger partial charge in [0.1, 0.15) is 0 Å². The van der Waals surface area contributed by atoms with Gasteiger partial charge in [-0.1, -0.05) is 67.2 Å². The fourth-order valence-electron chi connectivity index (χ4n) is 3.97. The molecule has 2 rings (SSSR count).